The van der Waals surface area contributed by atoms with E-state index >= 15 is 0 Å². The Morgan fingerprint density at radius 3 is 2.58 bits per heavy atom. The van der Waals surface area contributed by atoms with Crippen LogP contribution in [-0.2, 0) is 16.6 Å². The normalized spacial score (nSPS) is 11.3. The summed E-state index contributed by atoms with van der Waals surface area (Å²) in [6.45, 7) is 2.01. The van der Waals surface area contributed by atoms with Gasteiger partial charge in [0.2, 0.25) is 5.95 Å². The first kappa shape index (κ1) is 13.4. The molecule has 0 saturated carbocycles. The number of rotatable bonds is 4. The Kier molecular flexibility index (Phi) is 3.77. The highest BCUT2D eigenvalue weighted by Crippen LogP contribution is 2.19. The van der Waals surface area contributed by atoms with Crippen molar-refractivity contribution >= 4 is 16.0 Å². The maximum Gasteiger partial charge on any atom is 0.264 e. The number of hydrogen-bond acceptors (Lipinski definition) is 5. The number of anilines is 1. The summed E-state index contributed by atoms with van der Waals surface area (Å²) in [5.74, 6) is 0.0417. The van der Waals surface area contributed by atoms with Crippen molar-refractivity contribution in [1.82, 2.24) is 9.97 Å². The van der Waals surface area contributed by atoms with Gasteiger partial charge in [-0.1, -0.05) is 12.1 Å². The van der Waals surface area contributed by atoms with Crippen molar-refractivity contribution in [2.45, 2.75) is 18.4 Å². The van der Waals surface area contributed by atoms with Crippen molar-refractivity contribution in [2.24, 2.45) is 5.73 Å². The standard InChI is InChI=1S/C12H14N4O2S/c1-9-3-4-10(8-13)7-11(9)19(17,18)16-12-14-5-2-6-15-12/h2-7H,8,13H2,1H3,(H,14,15,16). The minimum absolute atomic E-state index is 0.0417. The van der Waals surface area contributed by atoms with Gasteiger partial charge in [-0.2, -0.15) is 0 Å². The van der Waals surface area contributed by atoms with E-state index in [0.29, 0.717) is 5.56 Å². The third-order valence-corrected chi connectivity index (χ3v) is 4.04. The molecule has 6 nitrogen and oxygen atoms in total. The zero-order chi connectivity index (χ0) is 13.9. The van der Waals surface area contributed by atoms with Gasteiger partial charge in [-0.05, 0) is 30.2 Å². The molecule has 0 spiro atoms. The molecule has 0 amide bonds. The van der Waals surface area contributed by atoms with Crippen LogP contribution in [0.2, 0.25) is 0 Å². The molecule has 0 radical (unpaired) electrons. The second kappa shape index (κ2) is 5.33. The van der Waals surface area contributed by atoms with E-state index in [2.05, 4.69) is 14.7 Å². The van der Waals surface area contributed by atoms with Gasteiger partial charge >= 0.3 is 0 Å². The minimum Gasteiger partial charge on any atom is -0.326 e. The van der Waals surface area contributed by atoms with Crippen LogP contribution in [0.4, 0.5) is 5.95 Å². The zero-order valence-corrected chi connectivity index (χ0v) is 11.2. The smallest absolute Gasteiger partial charge is 0.264 e. The van der Waals surface area contributed by atoms with Gasteiger partial charge in [0.25, 0.3) is 10.0 Å². The number of sulfonamides is 1. The van der Waals surface area contributed by atoms with Crippen LogP contribution in [0.15, 0.2) is 41.6 Å². The Bertz CT molecular complexity index is 671. The number of aryl methyl sites for hydroxylation is 1. The van der Waals surface area contributed by atoms with Crippen molar-refractivity contribution in [3.63, 3.8) is 0 Å². The summed E-state index contributed by atoms with van der Waals surface area (Å²) in [6, 6.07) is 6.69. The van der Waals surface area contributed by atoms with Gasteiger partial charge in [0.05, 0.1) is 4.90 Å². The molecule has 0 fully saturated rings. The Hall–Kier alpha value is -1.99. The molecular weight excluding hydrogens is 264 g/mol. The Morgan fingerprint density at radius 2 is 1.95 bits per heavy atom. The largest absolute Gasteiger partial charge is 0.326 e. The third-order valence-electron chi connectivity index (χ3n) is 2.57. The van der Waals surface area contributed by atoms with Crippen LogP contribution < -0.4 is 10.5 Å². The van der Waals surface area contributed by atoms with Crippen LogP contribution in [0, 0.1) is 6.92 Å². The van der Waals surface area contributed by atoms with E-state index in [0.717, 1.165) is 5.56 Å². The van der Waals surface area contributed by atoms with Gasteiger partial charge in [0, 0.05) is 18.9 Å². The van der Waals surface area contributed by atoms with Crippen molar-refractivity contribution in [3.05, 3.63) is 47.8 Å². The first-order valence-corrected chi connectivity index (χ1v) is 7.10. The van der Waals surface area contributed by atoms with Gasteiger partial charge in [-0.15, -0.1) is 0 Å². The van der Waals surface area contributed by atoms with Crippen LogP contribution in [0.1, 0.15) is 11.1 Å². The highest BCUT2D eigenvalue weighted by atomic mass is 32.2. The number of hydrogen-bond donors (Lipinski definition) is 2. The van der Waals surface area contributed by atoms with E-state index in [4.69, 9.17) is 5.73 Å². The van der Waals surface area contributed by atoms with Gasteiger partial charge in [0.15, 0.2) is 0 Å². The molecule has 0 saturated heterocycles. The summed E-state index contributed by atoms with van der Waals surface area (Å²) in [4.78, 5) is 7.85. The molecule has 100 valence electrons. The lowest BCUT2D eigenvalue weighted by molar-refractivity contribution is 0.600. The van der Waals surface area contributed by atoms with Crippen molar-refractivity contribution in [2.75, 3.05) is 4.72 Å². The molecule has 19 heavy (non-hydrogen) atoms. The molecule has 0 aliphatic rings. The van der Waals surface area contributed by atoms with Crippen molar-refractivity contribution in [3.8, 4) is 0 Å². The molecule has 2 rings (SSSR count). The van der Waals surface area contributed by atoms with E-state index in [1.54, 1.807) is 31.2 Å². The number of benzene rings is 1. The lowest BCUT2D eigenvalue weighted by Crippen LogP contribution is -2.16. The Morgan fingerprint density at radius 1 is 1.26 bits per heavy atom. The van der Waals surface area contributed by atoms with Crippen LogP contribution >= 0.6 is 0 Å². The van der Waals surface area contributed by atoms with Crippen LogP contribution in [0.3, 0.4) is 0 Å². The molecule has 1 heterocycles. The summed E-state index contributed by atoms with van der Waals surface area (Å²) >= 11 is 0. The molecule has 1 aromatic carbocycles. The molecule has 0 bridgehead atoms. The fourth-order valence-electron chi connectivity index (χ4n) is 1.59. The average Bonchev–Trinajstić information content (AvgIpc) is 2.39. The SMILES string of the molecule is Cc1ccc(CN)cc1S(=O)(=O)Nc1ncccn1. The molecule has 0 unspecified atom stereocenters. The predicted octanol–water partition coefficient (Wildman–Crippen LogP) is 1.04. The van der Waals surface area contributed by atoms with Crippen LogP contribution in [0.25, 0.3) is 0 Å². The van der Waals surface area contributed by atoms with E-state index in [1.807, 2.05) is 0 Å². The highest BCUT2D eigenvalue weighted by Gasteiger charge is 2.18. The zero-order valence-electron chi connectivity index (χ0n) is 10.4. The summed E-state index contributed by atoms with van der Waals surface area (Å²) in [6.07, 6.45) is 2.93. The van der Waals surface area contributed by atoms with E-state index in [9.17, 15) is 8.42 Å². The van der Waals surface area contributed by atoms with Gasteiger partial charge in [-0.25, -0.2) is 23.1 Å². The fraction of sp³-hybridized carbons (Fsp3) is 0.167. The first-order chi connectivity index (χ1) is 9.03. The second-order valence-corrected chi connectivity index (χ2v) is 5.63. The monoisotopic (exact) mass is 278 g/mol. The highest BCUT2D eigenvalue weighted by molar-refractivity contribution is 7.92. The van der Waals surface area contributed by atoms with E-state index in [1.165, 1.54) is 12.4 Å². The maximum absolute atomic E-state index is 12.3. The van der Waals surface area contributed by atoms with Gasteiger partial charge in [-0.3, -0.25) is 0 Å². The molecule has 2 aromatic rings. The number of nitrogens with zero attached hydrogens (tertiary/aromatic N) is 2. The van der Waals surface area contributed by atoms with E-state index < -0.39 is 10.0 Å². The summed E-state index contributed by atoms with van der Waals surface area (Å²) in [5, 5.41) is 0. The summed E-state index contributed by atoms with van der Waals surface area (Å²) in [5.41, 5.74) is 6.91. The lowest BCUT2D eigenvalue weighted by atomic mass is 10.1. The average molecular weight is 278 g/mol. The van der Waals surface area contributed by atoms with Crippen LogP contribution in [-0.4, -0.2) is 18.4 Å². The maximum atomic E-state index is 12.3. The molecule has 1 aromatic heterocycles. The topological polar surface area (TPSA) is 98.0 Å². The number of aromatic nitrogens is 2. The molecule has 3 N–H and O–H groups in total. The summed E-state index contributed by atoms with van der Waals surface area (Å²) < 4.78 is 26.9. The summed E-state index contributed by atoms with van der Waals surface area (Å²) in [7, 11) is -3.71. The second-order valence-electron chi connectivity index (χ2n) is 3.98. The van der Waals surface area contributed by atoms with E-state index in [-0.39, 0.29) is 17.4 Å². The fourth-order valence-corrected chi connectivity index (χ4v) is 2.84. The quantitative estimate of drug-likeness (QED) is 0.871. The Balaban J connectivity index is 2.39. The molecule has 0 atom stereocenters. The molecule has 7 heteroatoms. The third kappa shape index (κ3) is 3.07. The first-order valence-electron chi connectivity index (χ1n) is 5.62. The molecule has 0 aliphatic carbocycles. The molecular formula is C12H14N4O2S. The van der Waals surface area contributed by atoms with Gasteiger partial charge in [0.1, 0.15) is 0 Å². The number of nitrogens with two attached hydrogens (primary N) is 1. The number of nitrogens with one attached hydrogen (secondary N) is 1. The van der Waals surface area contributed by atoms with Crippen molar-refractivity contribution < 1.29 is 8.42 Å². The molecule has 0 aliphatic heterocycles. The minimum atomic E-state index is -3.71. The Labute approximate surface area is 111 Å². The van der Waals surface area contributed by atoms with Crippen LogP contribution in [0.5, 0.6) is 0 Å². The lowest BCUT2D eigenvalue weighted by Gasteiger charge is -2.10. The van der Waals surface area contributed by atoms with Crippen molar-refractivity contribution in [1.29, 1.82) is 0 Å². The van der Waals surface area contributed by atoms with Gasteiger partial charge < -0.3 is 5.73 Å². The predicted molar refractivity (Wildman–Crippen MR) is 71.9 cm³/mol.